The van der Waals surface area contributed by atoms with Crippen LogP contribution in [0.3, 0.4) is 0 Å². The molecule has 3 aromatic rings. The molecule has 0 amide bonds. The van der Waals surface area contributed by atoms with Crippen LogP contribution in [-0.2, 0) is 6.42 Å². The molecule has 1 aromatic heterocycles. The van der Waals surface area contributed by atoms with Gasteiger partial charge in [-0.3, -0.25) is 0 Å². The number of aromatic nitrogens is 1. The lowest BCUT2D eigenvalue weighted by Gasteiger charge is -2.30. The molecule has 2 atom stereocenters. The Morgan fingerprint density at radius 1 is 1.08 bits per heavy atom. The van der Waals surface area contributed by atoms with Crippen molar-refractivity contribution >= 4 is 33.5 Å². The fraction of sp³-hybridized carbons (Fsp3) is 0.222. The van der Waals surface area contributed by atoms with Crippen LogP contribution in [0.5, 0.6) is 0 Å². The Hall–Kier alpha value is -1.54. The zero-order valence-corrected chi connectivity index (χ0v) is 14.9. The van der Waals surface area contributed by atoms with Gasteiger partial charge in [0.2, 0.25) is 0 Å². The number of aromatic amines is 1. The minimum Gasteiger partial charge on any atom is -0.357 e. The van der Waals surface area contributed by atoms with Crippen LogP contribution in [-0.4, -0.2) is 11.0 Å². The van der Waals surface area contributed by atoms with Crippen molar-refractivity contribution in [3.8, 4) is 0 Å². The summed E-state index contributed by atoms with van der Waals surface area (Å²) >= 11 is 1.89. The lowest BCUT2D eigenvalue weighted by atomic mass is 9.90. The lowest BCUT2D eigenvalue weighted by molar-refractivity contribution is 0.429. The maximum Gasteiger partial charge on any atom is 0.132 e. The molecule has 0 radical (unpaired) electrons. The van der Waals surface area contributed by atoms with Crippen molar-refractivity contribution in [3.63, 3.8) is 0 Å². The molecule has 4 rings (SSSR count). The van der Waals surface area contributed by atoms with E-state index >= 15 is 0 Å². The van der Waals surface area contributed by atoms with Crippen molar-refractivity contribution in [1.29, 1.82) is 0 Å². The van der Waals surface area contributed by atoms with E-state index in [0.29, 0.717) is 15.7 Å². The van der Waals surface area contributed by atoms with Gasteiger partial charge in [-0.25, -0.2) is 13.2 Å². The minimum atomic E-state index is -0.629. The fourth-order valence-corrected chi connectivity index (χ4v) is 4.04. The molecule has 24 heavy (non-hydrogen) atoms. The summed E-state index contributed by atoms with van der Waals surface area (Å²) in [6.07, 6.45) is 0.670. The van der Waals surface area contributed by atoms with Crippen LogP contribution in [0.4, 0.5) is 13.2 Å². The van der Waals surface area contributed by atoms with E-state index in [2.05, 4.69) is 10.3 Å². The SMILES string of the molecule is CC1Cc2c([nH]c3ccc(F)cc23)C(c2c(F)cc(I)cc2F)N1. The second-order valence-electron chi connectivity index (χ2n) is 6.20. The van der Waals surface area contributed by atoms with E-state index in [-0.39, 0.29) is 17.4 Å². The highest BCUT2D eigenvalue weighted by atomic mass is 127. The van der Waals surface area contributed by atoms with Crippen LogP contribution in [0.1, 0.15) is 29.8 Å². The molecule has 2 N–H and O–H groups in total. The molecule has 2 nitrogen and oxygen atoms in total. The van der Waals surface area contributed by atoms with Crippen molar-refractivity contribution in [1.82, 2.24) is 10.3 Å². The average molecular weight is 442 g/mol. The van der Waals surface area contributed by atoms with Gasteiger partial charge >= 0.3 is 0 Å². The number of benzene rings is 2. The molecule has 0 saturated carbocycles. The Morgan fingerprint density at radius 3 is 2.50 bits per heavy atom. The van der Waals surface area contributed by atoms with Crippen molar-refractivity contribution in [2.24, 2.45) is 0 Å². The van der Waals surface area contributed by atoms with Crippen molar-refractivity contribution in [2.75, 3.05) is 0 Å². The second kappa shape index (κ2) is 5.77. The van der Waals surface area contributed by atoms with E-state index in [1.165, 1.54) is 24.3 Å². The van der Waals surface area contributed by atoms with Gasteiger partial charge in [0.1, 0.15) is 17.5 Å². The van der Waals surface area contributed by atoms with Gasteiger partial charge in [-0.15, -0.1) is 0 Å². The molecule has 1 aliphatic heterocycles. The molecule has 124 valence electrons. The molecule has 2 aromatic carbocycles. The highest BCUT2D eigenvalue weighted by molar-refractivity contribution is 14.1. The monoisotopic (exact) mass is 442 g/mol. The predicted molar refractivity (Wildman–Crippen MR) is 95.5 cm³/mol. The topological polar surface area (TPSA) is 27.8 Å². The summed E-state index contributed by atoms with van der Waals surface area (Å²) in [5.74, 6) is -1.48. The molecule has 2 heterocycles. The molecule has 2 unspecified atom stereocenters. The largest absolute Gasteiger partial charge is 0.357 e. The highest BCUT2D eigenvalue weighted by Crippen LogP contribution is 2.37. The Labute approximate surface area is 150 Å². The summed E-state index contributed by atoms with van der Waals surface area (Å²) in [4.78, 5) is 3.22. The number of fused-ring (bicyclic) bond motifs is 3. The first-order chi connectivity index (χ1) is 11.4. The lowest BCUT2D eigenvalue weighted by Crippen LogP contribution is -2.38. The van der Waals surface area contributed by atoms with Gasteiger partial charge in [-0.2, -0.15) is 0 Å². The van der Waals surface area contributed by atoms with E-state index in [0.717, 1.165) is 16.5 Å². The Balaban J connectivity index is 1.96. The van der Waals surface area contributed by atoms with Gasteiger partial charge in [-0.1, -0.05) is 0 Å². The van der Waals surface area contributed by atoms with Gasteiger partial charge in [0.15, 0.2) is 0 Å². The molecular weight excluding hydrogens is 428 g/mol. The first-order valence-corrected chi connectivity index (χ1v) is 8.72. The highest BCUT2D eigenvalue weighted by Gasteiger charge is 2.32. The van der Waals surface area contributed by atoms with E-state index in [1.54, 1.807) is 6.07 Å². The molecule has 0 spiro atoms. The average Bonchev–Trinajstić information content (AvgIpc) is 2.84. The Bertz CT molecular complexity index is 928. The minimum absolute atomic E-state index is 0.00440. The first kappa shape index (κ1) is 16.0. The number of hydrogen-bond acceptors (Lipinski definition) is 1. The maximum atomic E-state index is 14.5. The zero-order chi connectivity index (χ0) is 17.0. The van der Waals surface area contributed by atoms with Crippen molar-refractivity contribution < 1.29 is 13.2 Å². The number of hydrogen-bond donors (Lipinski definition) is 2. The normalized spacial score (nSPS) is 20.4. The summed E-state index contributed by atoms with van der Waals surface area (Å²) < 4.78 is 43.1. The van der Waals surface area contributed by atoms with Gasteiger partial charge in [0, 0.05) is 31.8 Å². The van der Waals surface area contributed by atoms with Crippen LogP contribution in [0.25, 0.3) is 10.9 Å². The van der Waals surface area contributed by atoms with Gasteiger partial charge in [0.05, 0.1) is 6.04 Å². The van der Waals surface area contributed by atoms with Crippen LogP contribution in [0, 0.1) is 21.0 Å². The molecule has 0 bridgehead atoms. The maximum absolute atomic E-state index is 14.5. The summed E-state index contributed by atoms with van der Waals surface area (Å²) in [7, 11) is 0. The van der Waals surface area contributed by atoms with Gasteiger partial charge in [0.25, 0.3) is 0 Å². The number of H-pyrrole nitrogens is 1. The fourth-order valence-electron chi connectivity index (χ4n) is 3.50. The number of halogens is 4. The molecule has 0 fully saturated rings. The first-order valence-electron chi connectivity index (χ1n) is 7.64. The van der Waals surface area contributed by atoms with E-state index < -0.39 is 17.7 Å². The van der Waals surface area contributed by atoms with Crippen LogP contribution >= 0.6 is 22.6 Å². The standard InChI is InChI=1S/C18H14F3IN2/c1-8-4-12-11-5-9(19)2-3-15(11)24-17(12)18(23-8)16-13(20)6-10(22)7-14(16)21/h2-3,5-8,18,23-24H,4H2,1H3. The van der Waals surface area contributed by atoms with Crippen molar-refractivity contribution in [3.05, 3.63) is 68.2 Å². The quantitative estimate of drug-likeness (QED) is 0.521. The predicted octanol–water partition coefficient (Wildman–Crippen LogP) is 4.81. The third-order valence-corrected chi connectivity index (χ3v) is 5.11. The van der Waals surface area contributed by atoms with E-state index in [9.17, 15) is 13.2 Å². The van der Waals surface area contributed by atoms with E-state index in [1.807, 2.05) is 29.5 Å². The Kier molecular flexibility index (Phi) is 3.84. The smallest absolute Gasteiger partial charge is 0.132 e. The molecular formula is C18H14F3IN2. The third-order valence-electron chi connectivity index (χ3n) is 4.48. The molecule has 1 aliphatic rings. The summed E-state index contributed by atoms with van der Waals surface area (Å²) in [5, 5.41) is 4.03. The summed E-state index contributed by atoms with van der Waals surface area (Å²) in [5.41, 5.74) is 2.38. The Morgan fingerprint density at radius 2 is 1.79 bits per heavy atom. The molecule has 0 saturated heterocycles. The molecule has 0 aliphatic carbocycles. The summed E-state index contributed by atoms with van der Waals surface area (Å²) in [6.45, 7) is 1.95. The van der Waals surface area contributed by atoms with E-state index in [4.69, 9.17) is 0 Å². The van der Waals surface area contributed by atoms with Crippen LogP contribution in [0.2, 0.25) is 0 Å². The number of nitrogens with one attached hydrogen (secondary N) is 2. The summed E-state index contributed by atoms with van der Waals surface area (Å²) in [6, 6.07) is 6.54. The zero-order valence-electron chi connectivity index (χ0n) is 12.8. The second-order valence-corrected chi connectivity index (χ2v) is 7.44. The van der Waals surface area contributed by atoms with Crippen LogP contribution < -0.4 is 5.32 Å². The third kappa shape index (κ3) is 2.52. The number of rotatable bonds is 1. The van der Waals surface area contributed by atoms with Gasteiger partial charge in [-0.05, 0) is 71.8 Å². The van der Waals surface area contributed by atoms with Gasteiger partial charge < -0.3 is 10.3 Å². The van der Waals surface area contributed by atoms with Crippen molar-refractivity contribution in [2.45, 2.75) is 25.4 Å². The molecule has 6 heteroatoms. The van der Waals surface area contributed by atoms with Crippen LogP contribution in [0.15, 0.2) is 30.3 Å².